The van der Waals surface area contributed by atoms with Crippen LogP contribution in [0.3, 0.4) is 0 Å². The molecule has 3 heteroatoms. The van der Waals surface area contributed by atoms with E-state index in [9.17, 15) is 14.4 Å². The zero-order chi connectivity index (χ0) is 15.7. The maximum absolute atomic E-state index is 12.8. The van der Waals surface area contributed by atoms with Gasteiger partial charge in [-0.15, -0.1) is 0 Å². The van der Waals surface area contributed by atoms with Crippen molar-refractivity contribution in [3.05, 3.63) is 11.6 Å². The SMILES string of the molecule is C[C@]12CCCC(=O)C1=CC(=O)[C@@H]1[C@@H]2CC[C@]2(C)C(=O)CC[C@@H]12. The smallest absolute Gasteiger partial charge is 0.159 e. The van der Waals surface area contributed by atoms with Crippen LogP contribution in [0.15, 0.2) is 11.6 Å². The van der Waals surface area contributed by atoms with Gasteiger partial charge in [-0.3, -0.25) is 14.4 Å². The Kier molecular flexibility index (Phi) is 2.87. The number of hydrogen-bond acceptors (Lipinski definition) is 3. The molecule has 4 aliphatic rings. The van der Waals surface area contributed by atoms with Gasteiger partial charge in [0.05, 0.1) is 0 Å². The molecule has 5 atom stereocenters. The molecule has 0 spiro atoms. The van der Waals surface area contributed by atoms with Gasteiger partial charge in [0.2, 0.25) is 0 Å². The van der Waals surface area contributed by atoms with Crippen LogP contribution < -0.4 is 0 Å². The number of allylic oxidation sites excluding steroid dienone is 2. The molecule has 3 fully saturated rings. The third-order valence-electron chi connectivity index (χ3n) is 7.43. The van der Waals surface area contributed by atoms with Gasteiger partial charge in [-0.1, -0.05) is 13.8 Å². The van der Waals surface area contributed by atoms with Gasteiger partial charge >= 0.3 is 0 Å². The highest BCUT2D eigenvalue weighted by Gasteiger charge is 2.61. The van der Waals surface area contributed by atoms with E-state index in [1.165, 1.54) is 0 Å². The summed E-state index contributed by atoms with van der Waals surface area (Å²) in [5, 5.41) is 0. The summed E-state index contributed by atoms with van der Waals surface area (Å²) in [5.74, 6) is 1.06. The molecule has 0 aromatic rings. The molecule has 0 saturated heterocycles. The molecule has 0 unspecified atom stereocenters. The average Bonchev–Trinajstić information content (AvgIpc) is 2.77. The molecule has 4 rings (SSSR count). The molecule has 0 aromatic carbocycles. The van der Waals surface area contributed by atoms with Gasteiger partial charge in [0.15, 0.2) is 11.6 Å². The third-order valence-corrected chi connectivity index (χ3v) is 7.43. The number of fused-ring (bicyclic) bond motifs is 5. The van der Waals surface area contributed by atoms with Crippen molar-refractivity contribution in [3.63, 3.8) is 0 Å². The van der Waals surface area contributed by atoms with Crippen molar-refractivity contribution in [1.29, 1.82) is 0 Å². The highest BCUT2D eigenvalue weighted by Crippen LogP contribution is 2.62. The minimum Gasteiger partial charge on any atom is -0.299 e. The highest BCUT2D eigenvalue weighted by atomic mass is 16.1. The summed E-state index contributed by atoms with van der Waals surface area (Å²) < 4.78 is 0. The molecular weight excluding hydrogens is 276 g/mol. The molecule has 118 valence electrons. The lowest BCUT2D eigenvalue weighted by atomic mass is 9.48. The Balaban J connectivity index is 1.81. The summed E-state index contributed by atoms with van der Waals surface area (Å²) in [6.07, 6.45) is 7.49. The Morgan fingerprint density at radius 2 is 1.68 bits per heavy atom. The van der Waals surface area contributed by atoms with Crippen molar-refractivity contribution >= 4 is 17.3 Å². The van der Waals surface area contributed by atoms with Crippen LogP contribution in [-0.2, 0) is 14.4 Å². The molecule has 0 amide bonds. The number of Topliss-reactive ketones (excluding diaryl/α,β-unsaturated/α-hetero) is 2. The Hall–Kier alpha value is -1.25. The van der Waals surface area contributed by atoms with Gasteiger partial charge in [0, 0.05) is 29.7 Å². The van der Waals surface area contributed by atoms with E-state index < -0.39 is 0 Å². The predicted molar refractivity (Wildman–Crippen MR) is 82.1 cm³/mol. The van der Waals surface area contributed by atoms with Crippen molar-refractivity contribution in [1.82, 2.24) is 0 Å². The minimum absolute atomic E-state index is 0.0372. The van der Waals surface area contributed by atoms with Gasteiger partial charge < -0.3 is 0 Å². The summed E-state index contributed by atoms with van der Waals surface area (Å²) in [6.45, 7) is 4.27. The van der Waals surface area contributed by atoms with E-state index in [2.05, 4.69) is 13.8 Å². The summed E-state index contributed by atoms with van der Waals surface area (Å²) in [6, 6.07) is 0. The van der Waals surface area contributed by atoms with Crippen LogP contribution in [0.2, 0.25) is 0 Å². The fraction of sp³-hybridized carbons (Fsp3) is 0.737. The minimum atomic E-state index is -0.294. The highest BCUT2D eigenvalue weighted by molar-refractivity contribution is 6.07. The average molecular weight is 300 g/mol. The lowest BCUT2D eigenvalue weighted by Crippen LogP contribution is -2.53. The van der Waals surface area contributed by atoms with Gasteiger partial charge in [-0.05, 0) is 55.4 Å². The first-order valence-corrected chi connectivity index (χ1v) is 8.70. The van der Waals surface area contributed by atoms with Gasteiger partial charge in [-0.2, -0.15) is 0 Å². The second-order valence-corrected chi connectivity index (χ2v) is 8.31. The van der Waals surface area contributed by atoms with Crippen LogP contribution >= 0.6 is 0 Å². The standard InChI is InChI=1S/C19H24O3/c1-18-8-3-4-14(20)13(18)10-15(21)17-11-5-6-16(22)19(11,2)9-7-12(17)18/h10-12,17H,3-9H2,1-2H3/t11-,12-,17-,18+,19-/m0/s1. The largest absolute Gasteiger partial charge is 0.299 e. The maximum atomic E-state index is 12.8. The number of rotatable bonds is 0. The molecule has 3 saturated carbocycles. The van der Waals surface area contributed by atoms with Crippen LogP contribution in [0.5, 0.6) is 0 Å². The monoisotopic (exact) mass is 300 g/mol. The van der Waals surface area contributed by atoms with Crippen LogP contribution in [0.4, 0.5) is 0 Å². The van der Waals surface area contributed by atoms with Gasteiger partial charge in [0.1, 0.15) is 5.78 Å². The molecule has 0 heterocycles. The summed E-state index contributed by atoms with van der Waals surface area (Å²) in [5.41, 5.74) is 0.357. The van der Waals surface area contributed by atoms with Crippen molar-refractivity contribution in [3.8, 4) is 0 Å². The Labute approximate surface area is 131 Å². The molecule has 0 bridgehead atoms. The van der Waals surface area contributed by atoms with E-state index in [0.29, 0.717) is 18.6 Å². The third kappa shape index (κ3) is 1.60. The molecule has 0 N–H and O–H groups in total. The second-order valence-electron chi connectivity index (χ2n) is 8.31. The van der Waals surface area contributed by atoms with E-state index in [0.717, 1.165) is 37.7 Å². The van der Waals surface area contributed by atoms with Gasteiger partial charge in [-0.25, -0.2) is 0 Å². The van der Waals surface area contributed by atoms with E-state index in [-0.39, 0.29) is 40.2 Å². The predicted octanol–water partition coefficient (Wildman–Crippen LogP) is 3.27. The van der Waals surface area contributed by atoms with E-state index in [1.54, 1.807) is 6.08 Å². The van der Waals surface area contributed by atoms with E-state index in [1.807, 2.05) is 0 Å². The molecule has 3 nitrogen and oxygen atoms in total. The second kappa shape index (κ2) is 4.39. The molecule has 0 aromatic heterocycles. The number of hydrogen-bond donors (Lipinski definition) is 0. The summed E-state index contributed by atoms with van der Waals surface area (Å²) in [4.78, 5) is 37.5. The topological polar surface area (TPSA) is 51.2 Å². The van der Waals surface area contributed by atoms with Crippen LogP contribution in [0.1, 0.15) is 58.8 Å². The first-order chi connectivity index (χ1) is 10.4. The zero-order valence-corrected chi connectivity index (χ0v) is 13.5. The van der Waals surface area contributed by atoms with Crippen molar-refractivity contribution < 1.29 is 14.4 Å². The number of ketones is 3. The lowest BCUT2D eigenvalue weighted by molar-refractivity contribution is -0.141. The maximum Gasteiger partial charge on any atom is 0.159 e. The molecule has 0 aliphatic heterocycles. The van der Waals surface area contributed by atoms with Crippen molar-refractivity contribution in [2.45, 2.75) is 58.8 Å². The first kappa shape index (κ1) is 14.3. The van der Waals surface area contributed by atoms with Crippen LogP contribution in [0.25, 0.3) is 0 Å². The van der Waals surface area contributed by atoms with Crippen LogP contribution in [-0.4, -0.2) is 17.3 Å². The lowest BCUT2D eigenvalue weighted by Gasteiger charge is -2.54. The molecule has 22 heavy (non-hydrogen) atoms. The Morgan fingerprint density at radius 1 is 0.955 bits per heavy atom. The van der Waals surface area contributed by atoms with Crippen molar-refractivity contribution in [2.75, 3.05) is 0 Å². The molecule has 0 radical (unpaired) electrons. The Morgan fingerprint density at radius 3 is 2.45 bits per heavy atom. The fourth-order valence-corrected chi connectivity index (χ4v) is 6.10. The normalized spacial score (nSPS) is 47.6. The number of carbonyl (C=O) groups is 3. The summed E-state index contributed by atoms with van der Waals surface area (Å²) in [7, 11) is 0. The van der Waals surface area contributed by atoms with E-state index >= 15 is 0 Å². The quantitative estimate of drug-likeness (QED) is 0.690. The zero-order valence-electron chi connectivity index (χ0n) is 13.5. The fourth-order valence-electron chi connectivity index (χ4n) is 6.10. The Bertz CT molecular complexity index is 616. The van der Waals surface area contributed by atoms with Gasteiger partial charge in [0.25, 0.3) is 0 Å². The first-order valence-electron chi connectivity index (χ1n) is 8.70. The number of carbonyl (C=O) groups excluding carboxylic acids is 3. The molecule has 4 aliphatic carbocycles. The summed E-state index contributed by atoms with van der Waals surface area (Å²) >= 11 is 0. The van der Waals surface area contributed by atoms with Crippen molar-refractivity contribution in [2.24, 2.45) is 28.6 Å². The molecular formula is C19H24O3. The van der Waals surface area contributed by atoms with Crippen LogP contribution in [0, 0.1) is 28.6 Å². The van der Waals surface area contributed by atoms with E-state index in [4.69, 9.17) is 0 Å².